The van der Waals surface area contributed by atoms with E-state index in [1.54, 1.807) is 0 Å². The topological polar surface area (TPSA) is 83.8 Å². The first-order valence-corrected chi connectivity index (χ1v) is 12.2. The molecule has 0 aromatic heterocycles. The first-order valence-electron chi connectivity index (χ1n) is 12.2. The third kappa shape index (κ3) is 13.8. The molecule has 1 aromatic carbocycles. The van der Waals surface area contributed by atoms with Gasteiger partial charge in [-0.05, 0) is 49.7 Å². The lowest BCUT2D eigenvalue weighted by Gasteiger charge is -2.20. The van der Waals surface area contributed by atoms with Gasteiger partial charge in [0.05, 0.1) is 6.61 Å². The van der Waals surface area contributed by atoms with Gasteiger partial charge in [-0.3, -0.25) is 9.59 Å². The van der Waals surface area contributed by atoms with E-state index >= 15 is 0 Å². The van der Waals surface area contributed by atoms with E-state index in [0.717, 1.165) is 30.6 Å². The smallest absolute Gasteiger partial charge is 0.303 e. The van der Waals surface area contributed by atoms with E-state index in [1.165, 1.54) is 51.4 Å². The Bertz CT molecular complexity index is 594. The molecule has 31 heavy (non-hydrogen) atoms. The molecule has 0 saturated heterocycles. The summed E-state index contributed by atoms with van der Waals surface area (Å²) < 4.78 is 6.10. The summed E-state index contributed by atoms with van der Waals surface area (Å²) >= 11 is 0. The highest BCUT2D eigenvalue weighted by atomic mass is 16.5. The maximum Gasteiger partial charge on any atom is 0.303 e. The quantitative estimate of drug-likeness (QED) is 0.212. The molecule has 0 unspecified atom stereocenters. The highest BCUT2D eigenvalue weighted by Gasteiger charge is 2.17. The zero-order valence-electron chi connectivity index (χ0n) is 19.3. The maximum absolute atomic E-state index is 10.9. The Balaban J connectivity index is 2.48. The minimum absolute atomic E-state index is 0.123. The predicted molar refractivity (Wildman–Crippen MR) is 125 cm³/mol. The van der Waals surface area contributed by atoms with Crippen molar-refractivity contribution in [2.45, 2.75) is 109 Å². The zero-order valence-corrected chi connectivity index (χ0v) is 19.3. The van der Waals surface area contributed by atoms with Gasteiger partial charge in [-0.2, -0.15) is 0 Å². The lowest BCUT2D eigenvalue weighted by atomic mass is 9.88. The van der Waals surface area contributed by atoms with Crippen LogP contribution < -0.4 is 4.74 Å². The number of benzene rings is 1. The normalized spacial score (nSPS) is 11.0. The van der Waals surface area contributed by atoms with Gasteiger partial charge in [-0.25, -0.2) is 0 Å². The van der Waals surface area contributed by atoms with Crippen LogP contribution in [0.4, 0.5) is 0 Å². The van der Waals surface area contributed by atoms with Gasteiger partial charge in [0.25, 0.3) is 0 Å². The molecular formula is C26H42O5. The monoisotopic (exact) mass is 434 g/mol. The molecule has 176 valence electrons. The van der Waals surface area contributed by atoms with Gasteiger partial charge in [0, 0.05) is 12.8 Å². The van der Waals surface area contributed by atoms with E-state index in [-0.39, 0.29) is 18.8 Å². The van der Waals surface area contributed by atoms with Crippen molar-refractivity contribution in [1.82, 2.24) is 0 Å². The average molecular weight is 435 g/mol. The summed E-state index contributed by atoms with van der Waals surface area (Å²) in [5.41, 5.74) is 1.08. The Kier molecular flexibility index (Phi) is 15.3. The van der Waals surface area contributed by atoms with Crippen LogP contribution in [0, 0.1) is 0 Å². The van der Waals surface area contributed by atoms with Gasteiger partial charge in [0.2, 0.25) is 0 Å². The van der Waals surface area contributed by atoms with Crippen molar-refractivity contribution in [2.24, 2.45) is 0 Å². The molecule has 0 saturated carbocycles. The van der Waals surface area contributed by atoms with Crippen molar-refractivity contribution in [3.63, 3.8) is 0 Å². The second kappa shape index (κ2) is 17.6. The van der Waals surface area contributed by atoms with Crippen molar-refractivity contribution in [3.05, 3.63) is 29.8 Å². The van der Waals surface area contributed by atoms with E-state index in [9.17, 15) is 9.59 Å². The molecule has 0 aliphatic rings. The van der Waals surface area contributed by atoms with Crippen molar-refractivity contribution in [2.75, 3.05) is 6.61 Å². The number of unbranched alkanes of at least 4 members (excludes halogenated alkanes) is 8. The van der Waals surface area contributed by atoms with Gasteiger partial charge >= 0.3 is 11.9 Å². The van der Waals surface area contributed by atoms with Gasteiger partial charge in [-0.15, -0.1) is 0 Å². The predicted octanol–water partition coefficient (Wildman–Crippen LogP) is 7.19. The number of aliphatic carboxylic acids is 2. The Morgan fingerprint density at radius 2 is 1.29 bits per heavy atom. The van der Waals surface area contributed by atoms with Gasteiger partial charge in [0.1, 0.15) is 5.75 Å². The molecule has 2 N–H and O–H groups in total. The van der Waals surface area contributed by atoms with Crippen LogP contribution in [-0.2, 0) is 9.59 Å². The van der Waals surface area contributed by atoms with E-state index in [4.69, 9.17) is 14.9 Å². The number of rotatable bonds is 20. The molecular weight excluding hydrogens is 392 g/mol. The minimum Gasteiger partial charge on any atom is -0.493 e. The molecule has 5 heteroatoms. The fourth-order valence-corrected chi connectivity index (χ4v) is 4.00. The third-order valence-electron chi connectivity index (χ3n) is 5.75. The fraction of sp³-hybridized carbons (Fsp3) is 0.692. The largest absolute Gasteiger partial charge is 0.493 e. The molecule has 0 amide bonds. The molecule has 5 nitrogen and oxygen atoms in total. The standard InChI is InChI=1S/C26H42O5/c1-2-3-4-5-6-7-8-9-12-21-31-24-18-11-10-17-23(24)22(15-13-19-25(27)28)16-14-20-26(29)30/h10-11,17-18,22H,2-9,12-16,19-21H2,1H3,(H,27,28)(H,29,30). The maximum atomic E-state index is 10.9. The van der Waals surface area contributed by atoms with E-state index in [0.29, 0.717) is 19.4 Å². The van der Waals surface area contributed by atoms with Crippen LogP contribution in [0.15, 0.2) is 24.3 Å². The van der Waals surface area contributed by atoms with Crippen LogP contribution in [0.2, 0.25) is 0 Å². The highest BCUT2D eigenvalue weighted by Crippen LogP contribution is 2.34. The van der Waals surface area contributed by atoms with E-state index in [1.807, 2.05) is 24.3 Å². The summed E-state index contributed by atoms with van der Waals surface area (Å²) in [6.07, 6.45) is 14.3. The number of hydrogen-bond donors (Lipinski definition) is 2. The minimum atomic E-state index is -0.792. The van der Waals surface area contributed by atoms with Crippen molar-refractivity contribution in [1.29, 1.82) is 0 Å². The van der Waals surface area contributed by atoms with Crippen LogP contribution in [0.25, 0.3) is 0 Å². The van der Waals surface area contributed by atoms with E-state index in [2.05, 4.69) is 6.92 Å². The molecule has 0 spiro atoms. The van der Waals surface area contributed by atoms with Gasteiger partial charge < -0.3 is 14.9 Å². The fourth-order valence-electron chi connectivity index (χ4n) is 4.00. The van der Waals surface area contributed by atoms with Crippen molar-refractivity contribution < 1.29 is 24.5 Å². The summed E-state index contributed by atoms with van der Waals surface area (Å²) in [6.45, 7) is 2.93. The van der Waals surface area contributed by atoms with E-state index < -0.39 is 11.9 Å². The highest BCUT2D eigenvalue weighted by molar-refractivity contribution is 5.66. The average Bonchev–Trinajstić information content (AvgIpc) is 2.74. The van der Waals surface area contributed by atoms with Crippen molar-refractivity contribution >= 4 is 11.9 Å². The molecule has 0 radical (unpaired) electrons. The molecule has 0 aliphatic carbocycles. The SMILES string of the molecule is CCCCCCCCCCCOc1ccccc1C(CCCC(=O)O)CCCC(=O)O. The van der Waals surface area contributed by atoms with Crippen LogP contribution in [0.5, 0.6) is 5.75 Å². The number of hydrogen-bond acceptors (Lipinski definition) is 3. The van der Waals surface area contributed by atoms with Gasteiger partial charge in [-0.1, -0.05) is 76.5 Å². The molecule has 0 fully saturated rings. The number of carboxylic acid groups (broad SMARTS) is 2. The first-order chi connectivity index (χ1) is 15.0. The van der Waals surface area contributed by atoms with Crippen LogP contribution in [0.1, 0.15) is 115 Å². The molecule has 0 atom stereocenters. The van der Waals surface area contributed by atoms with Crippen molar-refractivity contribution in [3.8, 4) is 5.75 Å². The summed E-state index contributed by atoms with van der Waals surface area (Å²) in [5, 5.41) is 17.9. The zero-order chi connectivity index (χ0) is 22.7. The lowest BCUT2D eigenvalue weighted by Crippen LogP contribution is -2.07. The second-order valence-corrected chi connectivity index (χ2v) is 8.48. The summed E-state index contributed by atoms with van der Waals surface area (Å²) in [6, 6.07) is 7.95. The second-order valence-electron chi connectivity index (χ2n) is 8.48. The molecule has 0 heterocycles. The molecule has 1 rings (SSSR count). The Hall–Kier alpha value is -2.04. The number of para-hydroxylation sites is 1. The van der Waals surface area contributed by atoms with Crippen LogP contribution in [0.3, 0.4) is 0 Å². The summed E-state index contributed by atoms with van der Waals surface area (Å²) in [4.78, 5) is 21.8. The summed E-state index contributed by atoms with van der Waals surface area (Å²) in [7, 11) is 0. The first kappa shape index (κ1) is 27.0. The molecule has 0 bridgehead atoms. The number of carbonyl (C=O) groups is 2. The molecule has 0 aliphatic heterocycles. The number of carboxylic acids is 2. The van der Waals surface area contributed by atoms with Gasteiger partial charge in [0.15, 0.2) is 0 Å². The Labute approximate surface area is 188 Å². The summed E-state index contributed by atoms with van der Waals surface area (Å²) in [5.74, 6) is -0.603. The number of ether oxygens (including phenoxy) is 1. The lowest BCUT2D eigenvalue weighted by molar-refractivity contribution is -0.138. The Morgan fingerprint density at radius 1 is 0.774 bits per heavy atom. The van der Waals surface area contributed by atoms with Crippen LogP contribution >= 0.6 is 0 Å². The Morgan fingerprint density at radius 3 is 1.84 bits per heavy atom. The molecule has 1 aromatic rings. The third-order valence-corrected chi connectivity index (χ3v) is 5.75. The van der Waals surface area contributed by atoms with Crippen LogP contribution in [-0.4, -0.2) is 28.8 Å².